The first kappa shape index (κ1) is 14.4. The molecule has 0 bridgehead atoms. The van der Waals surface area contributed by atoms with Gasteiger partial charge in [0.15, 0.2) is 5.65 Å². The molecule has 2 aromatic rings. The number of carbonyl (C=O) groups excluding carboxylic acids is 1. The number of nitrogens with one attached hydrogen (secondary N) is 3. The minimum Gasteiger partial charge on any atom is -0.355 e. The van der Waals surface area contributed by atoms with Gasteiger partial charge in [-0.1, -0.05) is 0 Å². The Labute approximate surface area is 119 Å². The zero-order chi connectivity index (χ0) is 14.7. The highest BCUT2D eigenvalue weighted by Gasteiger charge is 2.11. The molecule has 3 N–H and O–H groups in total. The summed E-state index contributed by atoms with van der Waals surface area (Å²) in [6, 6.07) is 0. The largest absolute Gasteiger partial charge is 0.355 e. The van der Waals surface area contributed by atoms with Crippen molar-refractivity contribution in [3.05, 3.63) is 26.7 Å². The predicted octanol–water partition coefficient (Wildman–Crippen LogP) is -1.07. The summed E-state index contributed by atoms with van der Waals surface area (Å²) >= 11 is 4.00. The molecule has 9 heteroatoms. The third-order valence-corrected chi connectivity index (χ3v) is 3.05. The number of carbonyl (C=O) groups is 1. The lowest BCUT2D eigenvalue weighted by molar-refractivity contribution is -0.120. The number of thiol groups is 1. The van der Waals surface area contributed by atoms with E-state index < -0.39 is 11.2 Å². The van der Waals surface area contributed by atoms with Crippen LogP contribution in [0.5, 0.6) is 0 Å². The smallest absolute Gasteiger partial charge is 0.329 e. The van der Waals surface area contributed by atoms with Crippen molar-refractivity contribution in [1.82, 2.24) is 24.8 Å². The summed E-state index contributed by atoms with van der Waals surface area (Å²) < 4.78 is 1.25. The van der Waals surface area contributed by atoms with Crippen LogP contribution in [0.2, 0.25) is 0 Å². The molecule has 8 nitrogen and oxygen atoms in total. The van der Waals surface area contributed by atoms with E-state index >= 15 is 0 Å². The second-order valence-electron chi connectivity index (χ2n) is 4.27. The molecular formula is C11H15N5O3S. The van der Waals surface area contributed by atoms with E-state index in [1.165, 1.54) is 11.6 Å². The SMILES string of the molecule is Cn1c(=O)[nH]c(=O)c2[nH]c(CCC(=O)NCCS)nc21. The number of rotatable bonds is 5. The monoisotopic (exact) mass is 297 g/mol. The van der Waals surface area contributed by atoms with Gasteiger partial charge in [0.05, 0.1) is 0 Å². The number of H-pyrrole nitrogens is 2. The van der Waals surface area contributed by atoms with Crippen LogP contribution >= 0.6 is 12.6 Å². The molecule has 0 aliphatic carbocycles. The number of aryl methyl sites for hydroxylation is 2. The van der Waals surface area contributed by atoms with Gasteiger partial charge in [-0.25, -0.2) is 9.78 Å². The van der Waals surface area contributed by atoms with Crippen molar-refractivity contribution >= 4 is 29.7 Å². The Kier molecular flexibility index (Phi) is 4.28. The standard InChI is InChI=1S/C11H15N5O3S/c1-16-9-8(10(18)15-11(16)19)13-6(14-9)2-3-7(17)12-4-5-20/h20H,2-5H2,1H3,(H,12,17)(H,13,14)(H,15,18,19). The fraction of sp³-hybridized carbons (Fsp3) is 0.455. The van der Waals surface area contributed by atoms with Crippen molar-refractivity contribution in [2.24, 2.45) is 7.05 Å². The summed E-state index contributed by atoms with van der Waals surface area (Å²) in [5, 5.41) is 2.69. The molecule has 20 heavy (non-hydrogen) atoms. The molecule has 0 unspecified atom stereocenters. The lowest BCUT2D eigenvalue weighted by atomic mass is 10.3. The highest BCUT2D eigenvalue weighted by Crippen LogP contribution is 2.05. The van der Waals surface area contributed by atoms with E-state index in [4.69, 9.17) is 0 Å². The third-order valence-electron chi connectivity index (χ3n) is 2.83. The number of aromatic amines is 2. The first-order valence-electron chi connectivity index (χ1n) is 6.08. The molecule has 0 spiro atoms. The van der Waals surface area contributed by atoms with Crippen LogP contribution in [-0.2, 0) is 18.3 Å². The van der Waals surface area contributed by atoms with Crippen LogP contribution in [0.4, 0.5) is 0 Å². The Hall–Kier alpha value is -2.03. The minimum absolute atomic E-state index is 0.109. The summed E-state index contributed by atoms with van der Waals surface area (Å²) in [6.07, 6.45) is 0.611. The van der Waals surface area contributed by atoms with E-state index in [0.29, 0.717) is 24.5 Å². The second kappa shape index (κ2) is 5.95. The van der Waals surface area contributed by atoms with Gasteiger partial charge in [0, 0.05) is 32.2 Å². The molecule has 0 saturated heterocycles. The lowest BCUT2D eigenvalue weighted by Gasteiger charge is -2.00. The quantitative estimate of drug-likeness (QED) is 0.526. The van der Waals surface area contributed by atoms with E-state index in [1.54, 1.807) is 0 Å². The number of amides is 1. The van der Waals surface area contributed by atoms with Crippen molar-refractivity contribution < 1.29 is 4.79 Å². The summed E-state index contributed by atoms with van der Waals surface area (Å²) in [6.45, 7) is 0.510. The van der Waals surface area contributed by atoms with Crippen molar-refractivity contribution in [1.29, 1.82) is 0 Å². The Morgan fingerprint density at radius 2 is 2.15 bits per heavy atom. The molecular weight excluding hydrogens is 282 g/mol. The highest BCUT2D eigenvalue weighted by atomic mass is 32.1. The number of nitrogens with zero attached hydrogens (tertiary/aromatic N) is 2. The van der Waals surface area contributed by atoms with Gasteiger partial charge >= 0.3 is 5.69 Å². The third kappa shape index (κ3) is 2.93. The molecule has 2 heterocycles. The number of imidazole rings is 1. The van der Waals surface area contributed by atoms with Crippen molar-refractivity contribution in [2.45, 2.75) is 12.8 Å². The topological polar surface area (TPSA) is 113 Å². The molecule has 0 fully saturated rings. The minimum atomic E-state index is -0.521. The zero-order valence-corrected chi connectivity index (χ0v) is 11.8. The van der Waals surface area contributed by atoms with Gasteiger partial charge in [-0.3, -0.25) is 19.1 Å². The summed E-state index contributed by atoms with van der Waals surface area (Å²) in [5.74, 6) is 0.962. The molecule has 0 aromatic carbocycles. The lowest BCUT2D eigenvalue weighted by Crippen LogP contribution is -2.28. The number of aromatic nitrogens is 4. The number of hydrogen-bond acceptors (Lipinski definition) is 5. The van der Waals surface area contributed by atoms with Gasteiger partial charge in [-0.15, -0.1) is 0 Å². The molecule has 0 saturated carbocycles. The summed E-state index contributed by atoms with van der Waals surface area (Å²) in [4.78, 5) is 43.7. The molecule has 108 valence electrons. The van der Waals surface area contributed by atoms with Gasteiger partial charge in [-0.2, -0.15) is 12.6 Å². The van der Waals surface area contributed by atoms with Crippen molar-refractivity contribution in [2.75, 3.05) is 12.3 Å². The van der Waals surface area contributed by atoms with E-state index in [-0.39, 0.29) is 23.5 Å². The van der Waals surface area contributed by atoms with Crippen LogP contribution in [-0.4, -0.2) is 37.7 Å². The second-order valence-corrected chi connectivity index (χ2v) is 4.72. The Balaban J connectivity index is 2.19. The normalized spacial score (nSPS) is 10.9. The maximum atomic E-state index is 11.6. The van der Waals surface area contributed by atoms with Crippen LogP contribution in [0.15, 0.2) is 9.59 Å². The summed E-state index contributed by atoms with van der Waals surface area (Å²) in [5.41, 5.74) is -0.518. The fourth-order valence-electron chi connectivity index (χ4n) is 1.79. The van der Waals surface area contributed by atoms with E-state index in [9.17, 15) is 14.4 Å². The molecule has 1 amide bonds. The van der Waals surface area contributed by atoms with Gasteiger partial charge in [-0.05, 0) is 0 Å². The first-order valence-corrected chi connectivity index (χ1v) is 6.71. The predicted molar refractivity (Wildman–Crippen MR) is 77.1 cm³/mol. The van der Waals surface area contributed by atoms with Gasteiger partial charge in [0.1, 0.15) is 11.3 Å². The summed E-state index contributed by atoms with van der Waals surface area (Å²) in [7, 11) is 1.52. The number of hydrogen-bond donors (Lipinski definition) is 4. The van der Waals surface area contributed by atoms with Crippen molar-refractivity contribution in [3.8, 4) is 0 Å². The molecule has 0 aliphatic rings. The van der Waals surface area contributed by atoms with Crippen molar-refractivity contribution in [3.63, 3.8) is 0 Å². The van der Waals surface area contributed by atoms with Gasteiger partial charge in [0.25, 0.3) is 5.56 Å². The molecule has 0 aliphatic heterocycles. The Bertz CT molecular complexity index is 745. The van der Waals surface area contributed by atoms with Crippen LogP contribution in [0.1, 0.15) is 12.2 Å². The molecule has 2 aromatic heterocycles. The van der Waals surface area contributed by atoms with Gasteiger partial charge in [0.2, 0.25) is 5.91 Å². The zero-order valence-electron chi connectivity index (χ0n) is 10.9. The average Bonchev–Trinajstić information content (AvgIpc) is 2.85. The van der Waals surface area contributed by atoms with E-state index in [0.717, 1.165) is 0 Å². The van der Waals surface area contributed by atoms with Crippen LogP contribution < -0.4 is 16.6 Å². The highest BCUT2D eigenvalue weighted by molar-refractivity contribution is 7.80. The molecule has 2 rings (SSSR count). The Morgan fingerprint density at radius 3 is 2.85 bits per heavy atom. The van der Waals surface area contributed by atoms with Crippen LogP contribution in [0.25, 0.3) is 11.2 Å². The average molecular weight is 297 g/mol. The molecule has 0 radical (unpaired) electrons. The maximum absolute atomic E-state index is 11.6. The Morgan fingerprint density at radius 1 is 1.40 bits per heavy atom. The van der Waals surface area contributed by atoms with E-state index in [1.807, 2.05) is 0 Å². The fourth-order valence-corrected chi connectivity index (χ4v) is 1.90. The van der Waals surface area contributed by atoms with Gasteiger partial charge < -0.3 is 10.3 Å². The number of fused-ring (bicyclic) bond motifs is 1. The van der Waals surface area contributed by atoms with Crippen LogP contribution in [0, 0.1) is 0 Å². The van der Waals surface area contributed by atoms with E-state index in [2.05, 4.69) is 32.9 Å². The maximum Gasteiger partial charge on any atom is 0.329 e. The molecule has 0 atom stereocenters. The van der Waals surface area contributed by atoms with Crippen LogP contribution in [0.3, 0.4) is 0 Å². The first-order chi connectivity index (χ1) is 9.52.